The van der Waals surface area contributed by atoms with E-state index in [4.69, 9.17) is 4.74 Å². The molecule has 0 bridgehead atoms. The third-order valence-electron chi connectivity index (χ3n) is 9.15. The first-order chi connectivity index (χ1) is 18.9. The Hall–Kier alpha value is -5.16. The minimum Gasteiger partial charge on any atom is -0.456 e. The molecule has 1 unspecified atom stereocenters. The number of ether oxygens (including phenoxy) is 1. The van der Waals surface area contributed by atoms with E-state index >= 15 is 0 Å². The molecule has 4 aromatic heterocycles. The Morgan fingerprint density at radius 2 is 1.34 bits per heavy atom. The summed E-state index contributed by atoms with van der Waals surface area (Å²) in [5.41, 5.74) is 6.68. The quantitative estimate of drug-likeness (QED) is 0.192. The SMILES string of the molecule is c1cc[n+]2c(c1)-n1c3ccccc3c3ccc4c(c31)C21c2c(ccc3c5ccccc5n5cc[n+]1c5c23)O4. The number of fused-ring (bicyclic) bond motifs is 8. The molecule has 174 valence electrons. The van der Waals surface area contributed by atoms with Crippen molar-refractivity contribution >= 4 is 49.1 Å². The molecule has 4 aromatic carbocycles. The van der Waals surface area contributed by atoms with Crippen LogP contribution in [0.3, 0.4) is 0 Å². The molecule has 0 saturated heterocycles. The molecule has 0 saturated carbocycles. The minimum atomic E-state index is -0.600. The second-order valence-corrected chi connectivity index (χ2v) is 10.6. The van der Waals surface area contributed by atoms with Crippen LogP contribution in [0.4, 0.5) is 0 Å². The van der Waals surface area contributed by atoms with Gasteiger partial charge in [-0.2, -0.15) is 18.1 Å². The highest BCUT2D eigenvalue weighted by Crippen LogP contribution is 2.56. The normalized spacial score (nSPS) is 17.8. The Kier molecular flexibility index (Phi) is 2.65. The smallest absolute Gasteiger partial charge is 0.318 e. The van der Waals surface area contributed by atoms with Crippen molar-refractivity contribution < 1.29 is 13.9 Å². The summed E-state index contributed by atoms with van der Waals surface area (Å²) >= 11 is 0. The summed E-state index contributed by atoms with van der Waals surface area (Å²) in [6, 6.07) is 32.8. The summed E-state index contributed by atoms with van der Waals surface area (Å²) in [5.74, 6) is 2.99. The number of hydrogen-bond acceptors (Lipinski definition) is 1. The average Bonchev–Trinajstić information content (AvgIpc) is 3.65. The molecule has 0 fully saturated rings. The van der Waals surface area contributed by atoms with E-state index in [2.05, 4.69) is 128 Å². The zero-order valence-electron chi connectivity index (χ0n) is 20.1. The molecule has 5 heteroatoms. The summed E-state index contributed by atoms with van der Waals surface area (Å²) in [6.45, 7) is 0. The van der Waals surface area contributed by atoms with E-state index in [1.807, 2.05) is 0 Å². The average molecular weight is 487 g/mol. The fraction of sp³-hybridized carbons (Fsp3) is 0.0303. The number of pyridine rings is 2. The van der Waals surface area contributed by atoms with Gasteiger partial charge in [0, 0.05) is 27.6 Å². The van der Waals surface area contributed by atoms with E-state index in [-0.39, 0.29) is 0 Å². The molecule has 0 radical (unpaired) electrons. The molecular formula is C33H18N4O+2. The first kappa shape index (κ1) is 18.1. The van der Waals surface area contributed by atoms with Crippen LogP contribution >= 0.6 is 0 Å². The Labute approximate surface area is 215 Å². The lowest BCUT2D eigenvalue weighted by molar-refractivity contribution is -0.956. The molecule has 8 aromatic rings. The van der Waals surface area contributed by atoms with E-state index in [1.165, 1.54) is 60.3 Å². The lowest BCUT2D eigenvalue weighted by Gasteiger charge is -2.36. The summed E-state index contributed by atoms with van der Waals surface area (Å²) in [6.07, 6.45) is 6.73. The maximum atomic E-state index is 6.80. The molecule has 38 heavy (non-hydrogen) atoms. The Morgan fingerprint density at radius 1 is 0.605 bits per heavy atom. The van der Waals surface area contributed by atoms with Crippen LogP contribution in [-0.4, -0.2) is 8.97 Å². The predicted octanol–water partition coefficient (Wildman–Crippen LogP) is 5.95. The van der Waals surface area contributed by atoms with Crippen LogP contribution in [0.2, 0.25) is 0 Å². The molecule has 7 heterocycles. The third-order valence-corrected chi connectivity index (χ3v) is 9.15. The van der Waals surface area contributed by atoms with Gasteiger partial charge in [-0.1, -0.05) is 36.4 Å². The molecule has 0 aliphatic carbocycles. The van der Waals surface area contributed by atoms with E-state index < -0.39 is 5.66 Å². The van der Waals surface area contributed by atoms with E-state index in [0.29, 0.717) is 0 Å². The van der Waals surface area contributed by atoms with Crippen LogP contribution < -0.4 is 13.9 Å². The van der Waals surface area contributed by atoms with Gasteiger partial charge in [-0.05, 0) is 48.5 Å². The highest BCUT2D eigenvalue weighted by molar-refractivity contribution is 6.16. The number of hydrogen-bond donors (Lipinski definition) is 0. The monoisotopic (exact) mass is 486 g/mol. The lowest BCUT2D eigenvalue weighted by atomic mass is 9.83. The molecular weight excluding hydrogens is 468 g/mol. The van der Waals surface area contributed by atoms with Gasteiger partial charge in [0.05, 0.1) is 11.6 Å². The van der Waals surface area contributed by atoms with E-state index in [1.54, 1.807) is 0 Å². The van der Waals surface area contributed by atoms with Crippen LogP contribution in [0.5, 0.6) is 11.5 Å². The van der Waals surface area contributed by atoms with Gasteiger partial charge in [0.15, 0.2) is 5.52 Å². The predicted molar refractivity (Wildman–Crippen MR) is 145 cm³/mol. The molecule has 11 rings (SSSR count). The van der Waals surface area contributed by atoms with Crippen molar-refractivity contribution in [3.63, 3.8) is 0 Å². The molecule has 0 N–H and O–H groups in total. The molecule has 0 amide bonds. The van der Waals surface area contributed by atoms with Crippen LogP contribution in [0.1, 0.15) is 11.1 Å². The maximum Gasteiger partial charge on any atom is 0.318 e. The highest BCUT2D eigenvalue weighted by Gasteiger charge is 2.64. The first-order valence-electron chi connectivity index (χ1n) is 13.0. The summed E-state index contributed by atoms with van der Waals surface area (Å²) < 4.78 is 16.5. The van der Waals surface area contributed by atoms with E-state index in [9.17, 15) is 0 Å². The van der Waals surface area contributed by atoms with Crippen molar-refractivity contribution in [1.29, 1.82) is 0 Å². The van der Waals surface area contributed by atoms with Crippen LogP contribution in [-0.2, 0) is 5.66 Å². The number of imidazole rings is 1. The Bertz CT molecular complexity index is 2450. The molecule has 1 spiro atoms. The van der Waals surface area contributed by atoms with Crippen molar-refractivity contribution in [2.45, 2.75) is 5.66 Å². The number of rotatable bonds is 0. The zero-order chi connectivity index (χ0) is 24.3. The summed E-state index contributed by atoms with van der Waals surface area (Å²) in [5, 5.41) is 6.30. The van der Waals surface area contributed by atoms with Crippen LogP contribution in [0.25, 0.3) is 54.9 Å². The highest BCUT2D eigenvalue weighted by atomic mass is 16.5. The van der Waals surface area contributed by atoms with Crippen molar-refractivity contribution in [2.75, 3.05) is 0 Å². The van der Waals surface area contributed by atoms with Crippen molar-refractivity contribution in [1.82, 2.24) is 8.97 Å². The standard InChI is InChI=1S/C33H18N4O/c1-3-9-23-19(7-1)21-12-14-25-29-28(21)32-34(23)17-18-36(32)33(29)30-26(38-25)15-13-22-20-8-2-4-10-24(20)37(31(22)30)27-11-5-6-16-35(27)33/h1-18H/q+2. The number of aromatic nitrogens is 4. The van der Waals surface area contributed by atoms with Gasteiger partial charge in [0.2, 0.25) is 0 Å². The second kappa shape index (κ2) is 5.55. The Morgan fingerprint density at radius 3 is 2.24 bits per heavy atom. The molecule has 1 atom stereocenters. The van der Waals surface area contributed by atoms with E-state index in [0.717, 1.165) is 17.3 Å². The van der Waals surface area contributed by atoms with Gasteiger partial charge < -0.3 is 4.74 Å². The van der Waals surface area contributed by atoms with Crippen molar-refractivity contribution in [3.8, 4) is 17.3 Å². The van der Waals surface area contributed by atoms with Crippen LogP contribution in [0, 0.1) is 0 Å². The molecule has 3 aliphatic rings. The Balaban J connectivity index is 1.50. The third kappa shape index (κ3) is 1.60. The summed E-state index contributed by atoms with van der Waals surface area (Å²) in [7, 11) is 0. The molecule has 3 aliphatic heterocycles. The number of benzene rings is 4. The fourth-order valence-corrected chi connectivity index (χ4v) is 7.90. The lowest BCUT2D eigenvalue weighted by Crippen LogP contribution is -2.75. The fourth-order valence-electron chi connectivity index (χ4n) is 7.90. The number of para-hydroxylation sites is 2. The van der Waals surface area contributed by atoms with Gasteiger partial charge in [-0.3, -0.25) is 0 Å². The minimum absolute atomic E-state index is 0.600. The van der Waals surface area contributed by atoms with Crippen molar-refractivity contribution in [3.05, 3.63) is 121 Å². The van der Waals surface area contributed by atoms with Gasteiger partial charge in [-0.25, -0.2) is 0 Å². The second-order valence-electron chi connectivity index (χ2n) is 10.6. The first-order valence-corrected chi connectivity index (χ1v) is 13.0. The van der Waals surface area contributed by atoms with Gasteiger partial charge in [0.1, 0.15) is 46.1 Å². The molecule has 5 nitrogen and oxygen atoms in total. The van der Waals surface area contributed by atoms with Gasteiger partial charge in [-0.15, -0.1) is 0 Å². The number of nitrogens with zero attached hydrogens (tertiary/aromatic N) is 4. The van der Waals surface area contributed by atoms with Crippen molar-refractivity contribution in [2.24, 2.45) is 0 Å². The van der Waals surface area contributed by atoms with Gasteiger partial charge in [0.25, 0.3) is 11.5 Å². The topological polar surface area (TPSA) is 26.3 Å². The summed E-state index contributed by atoms with van der Waals surface area (Å²) in [4.78, 5) is 0. The zero-order valence-corrected chi connectivity index (χ0v) is 20.1. The largest absolute Gasteiger partial charge is 0.456 e. The maximum absolute atomic E-state index is 6.80. The van der Waals surface area contributed by atoms with Gasteiger partial charge >= 0.3 is 5.66 Å². The van der Waals surface area contributed by atoms with Crippen LogP contribution in [0.15, 0.2) is 110 Å².